The van der Waals surface area contributed by atoms with Crippen molar-refractivity contribution >= 4 is 0 Å². The van der Waals surface area contributed by atoms with Crippen LogP contribution in [-0.4, -0.2) is 24.9 Å². The minimum absolute atomic E-state index is 0.0456. The van der Waals surface area contributed by atoms with Gasteiger partial charge in [-0.3, -0.25) is 0 Å². The fourth-order valence-corrected chi connectivity index (χ4v) is 1.32. The molecule has 17 heavy (non-hydrogen) atoms. The molecule has 0 saturated carbocycles. The number of alkyl halides is 2. The molecule has 0 aliphatic carbocycles. The van der Waals surface area contributed by atoms with E-state index in [1.807, 2.05) is 0 Å². The molecular weight excluding hydrogens is 232 g/mol. The maximum atomic E-state index is 12.1. The van der Waals surface area contributed by atoms with Gasteiger partial charge in [0.15, 0.2) is 11.5 Å². The first-order chi connectivity index (χ1) is 8.08. The molecule has 0 bridgehead atoms. The van der Waals surface area contributed by atoms with Crippen molar-refractivity contribution in [2.75, 3.05) is 13.2 Å². The molecule has 0 fully saturated rings. The molecule has 1 aromatic carbocycles. The molecule has 0 heterocycles. The monoisotopic (exact) mass is 247 g/mol. The van der Waals surface area contributed by atoms with E-state index < -0.39 is 12.7 Å². The lowest BCUT2D eigenvalue weighted by atomic mass is 10.1. The number of nitrogens with two attached hydrogens (primary N) is 1. The number of hydrogen-bond donors (Lipinski definition) is 2. The standard InChI is InChI=1S/C11H15F2NO3/c1-2-16-10-5-7(8(14)6-15)3-4-9(10)17-11(12)13/h3-5,8,11,15H,2,6,14H2,1H3/t8-/m0/s1. The average Bonchev–Trinajstić information content (AvgIpc) is 2.30. The maximum Gasteiger partial charge on any atom is 0.387 e. The predicted octanol–water partition coefficient (Wildman–Crippen LogP) is 1.68. The molecule has 4 nitrogen and oxygen atoms in total. The highest BCUT2D eigenvalue weighted by Crippen LogP contribution is 2.31. The normalized spacial score (nSPS) is 12.6. The lowest BCUT2D eigenvalue weighted by Crippen LogP contribution is -2.15. The van der Waals surface area contributed by atoms with Crippen molar-refractivity contribution in [3.8, 4) is 11.5 Å². The number of halogens is 2. The summed E-state index contributed by atoms with van der Waals surface area (Å²) >= 11 is 0. The smallest absolute Gasteiger partial charge is 0.387 e. The van der Waals surface area contributed by atoms with Gasteiger partial charge in [-0.25, -0.2) is 0 Å². The fourth-order valence-electron chi connectivity index (χ4n) is 1.32. The predicted molar refractivity (Wildman–Crippen MR) is 58.3 cm³/mol. The van der Waals surface area contributed by atoms with E-state index in [0.717, 1.165) is 0 Å². The number of aliphatic hydroxyl groups is 1. The highest BCUT2D eigenvalue weighted by molar-refractivity contribution is 5.43. The molecule has 0 aromatic heterocycles. The van der Waals surface area contributed by atoms with Gasteiger partial charge in [0.05, 0.1) is 19.3 Å². The van der Waals surface area contributed by atoms with Crippen LogP contribution in [0.3, 0.4) is 0 Å². The Balaban J connectivity index is 2.98. The quantitative estimate of drug-likeness (QED) is 0.802. The van der Waals surface area contributed by atoms with E-state index in [0.29, 0.717) is 12.2 Å². The molecule has 6 heteroatoms. The van der Waals surface area contributed by atoms with Gasteiger partial charge in [-0.2, -0.15) is 8.78 Å². The van der Waals surface area contributed by atoms with E-state index in [9.17, 15) is 8.78 Å². The molecule has 0 unspecified atom stereocenters. The first-order valence-corrected chi connectivity index (χ1v) is 5.16. The highest BCUT2D eigenvalue weighted by atomic mass is 19.3. The number of hydrogen-bond acceptors (Lipinski definition) is 4. The third kappa shape index (κ3) is 3.83. The van der Waals surface area contributed by atoms with E-state index in [4.69, 9.17) is 15.6 Å². The average molecular weight is 247 g/mol. The third-order valence-corrected chi connectivity index (χ3v) is 2.11. The number of ether oxygens (including phenoxy) is 2. The second-order valence-corrected chi connectivity index (χ2v) is 3.31. The SMILES string of the molecule is CCOc1cc([C@@H](N)CO)ccc1OC(F)F. The van der Waals surface area contributed by atoms with E-state index in [1.165, 1.54) is 18.2 Å². The van der Waals surface area contributed by atoms with Crippen LogP contribution in [0.15, 0.2) is 18.2 Å². The van der Waals surface area contributed by atoms with E-state index in [2.05, 4.69) is 4.74 Å². The molecule has 1 aromatic rings. The van der Waals surface area contributed by atoms with Gasteiger partial charge in [0.25, 0.3) is 0 Å². The van der Waals surface area contributed by atoms with Gasteiger partial charge in [-0.1, -0.05) is 6.07 Å². The topological polar surface area (TPSA) is 64.7 Å². The Kier molecular flexibility index (Phi) is 5.11. The summed E-state index contributed by atoms with van der Waals surface area (Å²) in [4.78, 5) is 0. The molecule has 0 aliphatic heterocycles. The van der Waals surface area contributed by atoms with Crippen LogP contribution in [0.1, 0.15) is 18.5 Å². The largest absolute Gasteiger partial charge is 0.490 e. The van der Waals surface area contributed by atoms with Crippen molar-refractivity contribution in [2.45, 2.75) is 19.6 Å². The minimum atomic E-state index is -2.91. The summed E-state index contributed by atoms with van der Waals surface area (Å²) < 4.78 is 33.7. The van der Waals surface area contributed by atoms with Crippen molar-refractivity contribution in [2.24, 2.45) is 5.73 Å². The molecule has 1 rings (SSSR count). The molecule has 3 N–H and O–H groups in total. The van der Waals surface area contributed by atoms with Crippen LogP contribution in [0.25, 0.3) is 0 Å². The van der Waals surface area contributed by atoms with Crippen molar-refractivity contribution in [1.82, 2.24) is 0 Å². The summed E-state index contributed by atoms with van der Waals surface area (Å²) in [6, 6.07) is 3.78. The van der Waals surface area contributed by atoms with Crippen LogP contribution in [-0.2, 0) is 0 Å². The second-order valence-electron chi connectivity index (χ2n) is 3.31. The van der Waals surface area contributed by atoms with Crippen molar-refractivity contribution in [1.29, 1.82) is 0 Å². The van der Waals surface area contributed by atoms with Gasteiger partial charge in [-0.05, 0) is 24.6 Å². The van der Waals surface area contributed by atoms with Gasteiger partial charge in [0.1, 0.15) is 0 Å². The minimum Gasteiger partial charge on any atom is -0.490 e. The third-order valence-electron chi connectivity index (χ3n) is 2.11. The zero-order chi connectivity index (χ0) is 12.8. The Hall–Kier alpha value is -1.40. The van der Waals surface area contributed by atoms with Crippen LogP contribution in [0.4, 0.5) is 8.78 Å². The number of aliphatic hydroxyl groups excluding tert-OH is 1. The summed E-state index contributed by atoms with van der Waals surface area (Å²) in [5, 5.41) is 8.91. The van der Waals surface area contributed by atoms with E-state index in [1.54, 1.807) is 6.92 Å². The Morgan fingerprint density at radius 2 is 2.06 bits per heavy atom. The van der Waals surface area contributed by atoms with Gasteiger partial charge >= 0.3 is 6.61 Å². The lowest BCUT2D eigenvalue weighted by molar-refractivity contribution is -0.0514. The summed E-state index contributed by atoms with van der Waals surface area (Å²) in [7, 11) is 0. The Morgan fingerprint density at radius 3 is 2.59 bits per heavy atom. The van der Waals surface area contributed by atoms with Crippen LogP contribution in [0.2, 0.25) is 0 Å². The summed E-state index contributed by atoms with van der Waals surface area (Å²) in [6.45, 7) is -1.10. The number of rotatable bonds is 6. The molecule has 96 valence electrons. The molecule has 0 radical (unpaired) electrons. The maximum absolute atomic E-state index is 12.1. The van der Waals surface area contributed by atoms with Gasteiger partial charge in [-0.15, -0.1) is 0 Å². The molecule has 0 spiro atoms. The molecule has 0 saturated heterocycles. The lowest BCUT2D eigenvalue weighted by Gasteiger charge is -2.14. The number of benzene rings is 1. The van der Waals surface area contributed by atoms with Crippen LogP contribution in [0, 0.1) is 0 Å². The van der Waals surface area contributed by atoms with Crippen LogP contribution in [0.5, 0.6) is 11.5 Å². The van der Waals surface area contributed by atoms with Crippen molar-refractivity contribution in [3.05, 3.63) is 23.8 Å². The van der Waals surface area contributed by atoms with Crippen molar-refractivity contribution < 1.29 is 23.4 Å². The van der Waals surface area contributed by atoms with Crippen LogP contribution >= 0.6 is 0 Å². The Labute approximate surface area is 97.9 Å². The van der Waals surface area contributed by atoms with E-state index >= 15 is 0 Å². The Morgan fingerprint density at radius 1 is 1.35 bits per heavy atom. The zero-order valence-electron chi connectivity index (χ0n) is 9.40. The summed E-state index contributed by atoms with van der Waals surface area (Å²) in [6.07, 6.45) is 0. The highest BCUT2D eigenvalue weighted by Gasteiger charge is 2.13. The van der Waals surface area contributed by atoms with Gasteiger partial charge < -0.3 is 20.3 Å². The van der Waals surface area contributed by atoms with Gasteiger partial charge in [0, 0.05) is 0 Å². The second kappa shape index (κ2) is 6.36. The van der Waals surface area contributed by atoms with Crippen molar-refractivity contribution in [3.63, 3.8) is 0 Å². The van der Waals surface area contributed by atoms with Gasteiger partial charge in [0.2, 0.25) is 0 Å². The molecule has 0 aliphatic rings. The zero-order valence-corrected chi connectivity index (χ0v) is 9.40. The molecule has 0 amide bonds. The molecule has 1 atom stereocenters. The summed E-state index contributed by atoms with van der Waals surface area (Å²) in [5.74, 6) is 0.143. The first kappa shape index (κ1) is 13.7. The van der Waals surface area contributed by atoms with E-state index in [-0.39, 0.29) is 18.1 Å². The Bertz CT molecular complexity index is 361. The van der Waals surface area contributed by atoms with Crippen LogP contribution < -0.4 is 15.2 Å². The fraction of sp³-hybridized carbons (Fsp3) is 0.455. The first-order valence-electron chi connectivity index (χ1n) is 5.16. The molecular formula is C11H15F2NO3. The summed E-state index contributed by atoms with van der Waals surface area (Å²) in [5.41, 5.74) is 6.21.